The fourth-order valence-corrected chi connectivity index (χ4v) is 2.39. The van der Waals surface area contributed by atoms with Crippen LogP contribution in [0.1, 0.15) is 5.56 Å². The first-order valence-electron chi connectivity index (χ1n) is 7.22. The number of hydrogen-bond acceptors (Lipinski definition) is 1. The van der Waals surface area contributed by atoms with Gasteiger partial charge in [0.15, 0.2) is 0 Å². The molecule has 0 aromatic heterocycles. The number of carbonyl (C=O) groups is 1. The average Bonchev–Trinajstić information content (AvgIpc) is 2.58. The zero-order chi connectivity index (χ0) is 15.2. The third-order valence-electron chi connectivity index (χ3n) is 3.42. The predicted molar refractivity (Wildman–Crippen MR) is 89.0 cm³/mol. The van der Waals surface area contributed by atoms with E-state index in [0.29, 0.717) is 6.42 Å². The van der Waals surface area contributed by atoms with Gasteiger partial charge in [-0.1, -0.05) is 60.7 Å². The van der Waals surface area contributed by atoms with Gasteiger partial charge in [-0.05, 0) is 35.9 Å². The highest BCUT2D eigenvalue weighted by molar-refractivity contribution is 6.01. The van der Waals surface area contributed by atoms with Crippen molar-refractivity contribution >= 4 is 17.3 Å². The van der Waals surface area contributed by atoms with Crippen LogP contribution in [-0.4, -0.2) is 5.91 Å². The van der Waals surface area contributed by atoms with E-state index >= 15 is 0 Å². The Kier molecular flexibility index (Phi) is 4.30. The molecule has 0 aliphatic rings. The Balaban J connectivity index is 1.94. The third-order valence-corrected chi connectivity index (χ3v) is 3.42. The number of rotatable bonds is 4. The summed E-state index contributed by atoms with van der Waals surface area (Å²) in [4.78, 5) is 14.6. The van der Waals surface area contributed by atoms with Gasteiger partial charge in [-0.2, -0.15) is 0 Å². The second-order valence-electron chi connectivity index (χ2n) is 4.99. The molecule has 0 aliphatic carbocycles. The van der Waals surface area contributed by atoms with Crippen LogP contribution >= 0.6 is 0 Å². The fourth-order valence-electron chi connectivity index (χ4n) is 2.39. The van der Waals surface area contributed by atoms with Crippen molar-refractivity contribution in [3.63, 3.8) is 0 Å². The first-order valence-corrected chi connectivity index (χ1v) is 7.22. The Hall–Kier alpha value is -2.87. The van der Waals surface area contributed by atoms with Crippen LogP contribution in [0.2, 0.25) is 0 Å². The van der Waals surface area contributed by atoms with Gasteiger partial charge in [0, 0.05) is 11.4 Å². The van der Waals surface area contributed by atoms with Crippen molar-refractivity contribution < 1.29 is 4.79 Å². The monoisotopic (exact) mass is 286 g/mol. The molecule has 3 rings (SSSR count). The first-order chi connectivity index (χ1) is 10.8. The van der Waals surface area contributed by atoms with Crippen LogP contribution in [0.4, 0.5) is 11.4 Å². The van der Waals surface area contributed by atoms with E-state index in [9.17, 15) is 4.79 Å². The highest BCUT2D eigenvalue weighted by Crippen LogP contribution is 2.25. The molecule has 0 bridgehead atoms. The van der Waals surface area contributed by atoms with Gasteiger partial charge in [-0.25, -0.2) is 0 Å². The van der Waals surface area contributed by atoms with Crippen LogP contribution < -0.4 is 4.90 Å². The van der Waals surface area contributed by atoms with E-state index in [0.717, 1.165) is 16.9 Å². The van der Waals surface area contributed by atoms with Crippen molar-refractivity contribution in [1.82, 2.24) is 0 Å². The molecule has 107 valence electrons. The lowest BCUT2D eigenvalue weighted by atomic mass is 10.1. The maximum absolute atomic E-state index is 12.8. The van der Waals surface area contributed by atoms with Crippen molar-refractivity contribution in [1.29, 1.82) is 0 Å². The number of hydrogen-bond donors (Lipinski definition) is 0. The van der Waals surface area contributed by atoms with Gasteiger partial charge in [0.05, 0.1) is 6.42 Å². The fraction of sp³-hybridized carbons (Fsp3) is 0.0500. The highest BCUT2D eigenvalue weighted by atomic mass is 16.2. The van der Waals surface area contributed by atoms with Crippen LogP contribution in [0.15, 0.2) is 84.9 Å². The molecule has 2 heteroatoms. The topological polar surface area (TPSA) is 20.3 Å². The zero-order valence-electron chi connectivity index (χ0n) is 12.1. The molecule has 0 atom stereocenters. The molecule has 0 heterocycles. The summed E-state index contributed by atoms with van der Waals surface area (Å²) in [5, 5.41) is 0. The Morgan fingerprint density at radius 2 is 1.32 bits per heavy atom. The molecule has 1 radical (unpaired) electrons. The number of nitrogens with zero attached hydrogens (tertiary/aromatic N) is 1. The quantitative estimate of drug-likeness (QED) is 0.696. The molecule has 0 fully saturated rings. The lowest BCUT2D eigenvalue weighted by Crippen LogP contribution is -2.27. The van der Waals surface area contributed by atoms with Gasteiger partial charge in [0.25, 0.3) is 0 Å². The molecular formula is C20H16NO. The Labute approximate surface area is 130 Å². The standard InChI is InChI=1S/C20H16NO/c22-20(16-17-10-4-1-5-11-17)21(18-12-6-2-7-13-18)19-14-8-3-9-15-19/h1-2,4-15H,16H2. The van der Waals surface area contributed by atoms with E-state index in [-0.39, 0.29) is 5.91 Å². The number of benzene rings is 3. The second kappa shape index (κ2) is 6.72. The summed E-state index contributed by atoms with van der Waals surface area (Å²) in [5.41, 5.74) is 2.73. The number of amides is 1. The number of carbonyl (C=O) groups excluding carboxylic acids is 1. The lowest BCUT2D eigenvalue weighted by Gasteiger charge is -2.23. The van der Waals surface area contributed by atoms with Crippen LogP contribution in [0.3, 0.4) is 0 Å². The maximum atomic E-state index is 12.8. The third kappa shape index (κ3) is 3.23. The SMILES string of the molecule is O=C(Cc1ccccc1)N(c1cc[c]cc1)c1ccccc1. The Morgan fingerprint density at radius 1 is 0.773 bits per heavy atom. The van der Waals surface area contributed by atoms with Gasteiger partial charge in [0.2, 0.25) is 5.91 Å². The van der Waals surface area contributed by atoms with Crippen LogP contribution in [0.25, 0.3) is 0 Å². The van der Waals surface area contributed by atoms with Crippen molar-refractivity contribution in [2.45, 2.75) is 6.42 Å². The van der Waals surface area contributed by atoms with Gasteiger partial charge in [-0.3, -0.25) is 9.69 Å². The van der Waals surface area contributed by atoms with E-state index in [1.54, 1.807) is 4.90 Å². The molecule has 0 N–H and O–H groups in total. The predicted octanol–water partition coefficient (Wildman–Crippen LogP) is 4.39. The van der Waals surface area contributed by atoms with Gasteiger partial charge < -0.3 is 0 Å². The van der Waals surface area contributed by atoms with Crippen LogP contribution in [0.5, 0.6) is 0 Å². The largest absolute Gasteiger partial charge is 0.281 e. The molecule has 3 aromatic rings. The molecular weight excluding hydrogens is 270 g/mol. The molecule has 22 heavy (non-hydrogen) atoms. The zero-order valence-corrected chi connectivity index (χ0v) is 12.1. The molecule has 3 aromatic carbocycles. The van der Waals surface area contributed by atoms with E-state index < -0.39 is 0 Å². The molecule has 0 saturated heterocycles. The lowest BCUT2D eigenvalue weighted by molar-refractivity contribution is -0.117. The van der Waals surface area contributed by atoms with Crippen molar-refractivity contribution in [2.75, 3.05) is 4.90 Å². The summed E-state index contributed by atoms with van der Waals surface area (Å²) in [6.45, 7) is 0. The van der Waals surface area contributed by atoms with Gasteiger partial charge in [0.1, 0.15) is 0 Å². The highest BCUT2D eigenvalue weighted by Gasteiger charge is 2.17. The van der Waals surface area contributed by atoms with Gasteiger partial charge in [-0.15, -0.1) is 0 Å². The van der Waals surface area contributed by atoms with E-state index in [1.165, 1.54) is 0 Å². The van der Waals surface area contributed by atoms with Crippen molar-refractivity contribution in [2.24, 2.45) is 0 Å². The smallest absolute Gasteiger partial charge is 0.235 e. The number of anilines is 2. The molecule has 0 spiro atoms. The summed E-state index contributed by atoms with van der Waals surface area (Å²) in [6.07, 6.45) is 0.369. The van der Waals surface area contributed by atoms with Crippen molar-refractivity contribution in [3.05, 3.63) is 96.6 Å². The van der Waals surface area contributed by atoms with Crippen LogP contribution in [-0.2, 0) is 11.2 Å². The molecule has 0 saturated carbocycles. The summed E-state index contributed by atoms with van der Waals surface area (Å²) in [5.74, 6) is 0.0450. The second-order valence-corrected chi connectivity index (χ2v) is 4.99. The minimum absolute atomic E-state index is 0.0450. The minimum atomic E-state index is 0.0450. The Bertz CT molecular complexity index is 684. The molecule has 1 amide bonds. The van der Waals surface area contributed by atoms with E-state index in [2.05, 4.69) is 6.07 Å². The Morgan fingerprint density at radius 3 is 1.95 bits per heavy atom. The number of para-hydroxylation sites is 1. The van der Waals surface area contributed by atoms with Crippen molar-refractivity contribution in [3.8, 4) is 0 Å². The first kappa shape index (κ1) is 14.1. The average molecular weight is 286 g/mol. The van der Waals surface area contributed by atoms with E-state index in [1.807, 2.05) is 84.9 Å². The normalized spacial score (nSPS) is 10.2. The van der Waals surface area contributed by atoms with Crippen LogP contribution in [0, 0.1) is 6.07 Å². The molecule has 2 nitrogen and oxygen atoms in total. The molecule has 0 unspecified atom stereocenters. The molecule has 0 aliphatic heterocycles. The summed E-state index contributed by atoms with van der Waals surface area (Å²) in [7, 11) is 0. The van der Waals surface area contributed by atoms with E-state index in [4.69, 9.17) is 0 Å². The van der Waals surface area contributed by atoms with Gasteiger partial charge >= 0.3 is 0 Å². The maximum Gasteiger partial charge on any atom is 0.235 e. The summed E-state index contributed by atoms with van der Waals surface area (Å²) in [6, 6.07) is 29.9. The minimum Gasteiger partial charge on any atom is -0.281 e. The summed E-state index contributed by atoms with van der Waals surface area (Å²) < 4.78 is 0. The summed E-state index contributed by atoms with van der Waals surface area (Å²) >= 11 is 0.